The van der Waals surface area contributed by atoms with E-state index < -0.39 is 11.9 Å². The van der Waals surface area contributed by atoms with Crippen LogP contribution in [0.2, 0.25) is 5.02 Å². The zero-order chi connectivity index (χ0) is 15.7. The van der Waals surface area contributed by atoms with E-state index in [1.54, 1.807) is 54.6 Å². The maximum Gasteiger partial charge on any atom is 0.435 e. The van der Waals surface area contributed by atoms with Gasteiger partial charge in [-0.3, -0.25) is 0 Å². The summed E-state index contributed by atoms with van der Waals surface area (Å²) in [6.07, 6.45) is -4.50. The van der Waals surface area contributed by atoms with E-state index in [4.69, 9.17) is 11.6 Å². The summed E-state index contributed by atoms with van der Waals surface area (Å²) in [5, 5.41) is 4.21. The van der Waals surface area contributed by atoms with Crippen molar-refractivity contribution in [2.24, 2.45) is 0 Å². The summed E-state index contributed by atoms with van der Waals surface area (Å²) < 4.78 is 40.2. The van der Waals surface area contributed by atoms with Gasteiger partial charge >= 0.3 is 6.18 Å². The predicted molar refractivity (Wildman–Crippen MR) is 79.0 cm³/mol. The number of aromatic nitrogens is 2. The first-order chi connectivity index (χ1) is 10.4. The normalized spacial score (nSPS) is 11.6. The maximum atomic E-state index is 13.0. The van der Waals surface area contributed by atoms with E-state index in [0.717, 1.165) is 6.07 Å². The first kappa shape index (κ1) is 14.7. The fraction of sp³-hybridized carbons (Fsp3) is 0.0625. The third kappa shape index (κ3) is 2.85. The third-order valence-electron chi connectivity index (χ3n) is 3.14. The topological polar surface area (TPSA) is 17.8 Å². The second-order valence-electron chi connectivity index (χ2n) is 4.67. The van der Waals surface area contributed by atoms with Gasteiger partial charge < -0.3 is 0 Å². The number of rotatable bonds is 2. The van der Waals surface area contributed by atoms with Crippen LogP contribution in [0.5, 0.6) is 0 Å². The Hall–Kier alpha value is -2.27. The number of hydrogen-bond acceptors (Lipinski definition) is 1. The summed E-state index contributed by atoms with van der Waals surface area (Å²) in [7, 11) is 0. The molecule has 0 atom stereocenters. The molecule has 2 nitrogen and oxygen atoms in total. The molecular formula is C16H10ClF3N2. The van der Waals surface area contributed by atoms with Crippen LogP contribution in [-0.2, 0) is 6.18 Å². The van der Waals surface area contributed by atoms with E-state index in [1.807, 2.05) is 0 Å². The van der Waals surface area contributed by atoms with Crippen LogP contribution in [0, 0.1) is 0 Å². The minimum atomic E-state index is -4.50. The fourth-order valence-electron chi connectivity index (χ4n) is 2.11. The Labute approximate surface area is 129 Å². The Morgan fingerprint density at radius 3 is 2.14 bits per heavy atom. The van der Waals surface area contributed by atoms with Crippen molar-refractivity contribution in [2.45, 2.75) is 6.18 Å². The van der Waals surface area contributed by atoms with Crippen molar-refractivity contribution < 1.29 is 13.2 Å². The van der Waals surface area contributed by atoms with Gasteiger partial charge in [-0.2, -0.15) is 18.3 Å². The molecule has 1 heterocycles. The SMILES string of the molecule is FC(F)(F)c1cc(-c2ccccc2)n(-c2ccc(Cl)cc2)n1. The van der Waals surface area contributed by atoms with E-state index >= 15 is 0 Å². The summed E-state index contributed by atoms with van der Waals surface area (Å²) in [5.41, 5.74) is 0.607. The van der Waals surface area contributed by atoms with Crippen LogP contribution in [0.15, 0.2) is 60.7 Å². The molecule has 0 saturated heterocycles. The van der Waals surface area contributed by atoms with Crippen molar-refractivity contribution in [1.82, 2.24) is 9.78 Å². The maximum absolute atomic E-state index is 13.0. The lowest BCUT2D eigenvalue weighted by atomic mass is 10.1. The molecule has 0 N–H and O–H groups in total. The van der Waals surface area contributed by atoms with Crippen LogP contribution in [0.3, 0.4) is 0 Å². The highest BCUT2D eigenvalue weighted by Gasteiger charge is 2.35. The molecule has 0 aliphatic heterocycles. The minimum absolute atomic E-state index is 0.371. The summed E-state index contributed by atoms with van der Waals surface area (Å²) >= 11 is 5.82. The summed E-state index contributed by atoms with van der Waals surface area (Å²) in [5.74, 6) is 0. The van der Waals surface area contributed by atoms with E-state index in [0.29, 0.717) is 22.0 Å². The van der Waals surface area contributed by atoms with E-state index in [1.165, 1.54) is 4.68 Å². The highest BCUT2D eigenvalue weighted by atomic mass is 35.5. The van der Waals surface area contributed by atoms with Crippen LogP contribution in [0.25, 0.3) is 16.9 Å². The third-order valence-corrected chi connectivity index (χ3v) is 3.39. The van der Waals surface area contributed by atoms with Gasteiger partial charge in [-0.1, -0.05) is 41.9 Å². The zero-order valence-corrected chi connectivity index (χ0v) is 11.9. The standard InChI is InChI=1S/C16H10ClF3N2/c17-12-6-8-13(9-7-12)22-14(11-4-2-1-3-5-11)10-15(21-22)16(18,19)20/h1-10H. The molecular weight excluding hydrogens is 313 g/mol. The molecule has 0 radical (unpaired) electrons. The Kier molecular flexibility index (Phi) is 3.66. The van der Waals surface area contributed by atoms with Crippen molar-refractivity contribution in [2.75, 3.05) is 0 Å². The largest absolute Gasteiger partial charge is 0.435 e. The zero-order valence-electron chi connectivity index (χ0n) is 11.2. The van der Waals surface area contributed by atoms with Crippen LogP contribution in [0.1, 0.15) is 5.69 Å². The van der Waals surface area contributed by atoms with Gasteiger partial charge in [0.2, 0.25) is 0 Å². The lowest BCUT2D eigenvalue weighted by Gasteiger charge is -2.07. The number of nitrogens with zero attached hydrogens (tertiary/aromatic N) is 2. The van der Waals surface area contributed by atoms with Gasteiger partial charge in [0.15, 0.2) is 5.69 Å². The van der Waals surface area contributed by atoms with Crippen LogP contribution in [-0.4, -0.2) is 9.78 Å². The molecule has 0 aliphatic carbocycles. The minimum Gasteiger partial charge on any atom is -0.233 e. The highest BCUT2D eigenvalue weighted by molar-refractivity contribution is 6.30. The Balaban J connectivity index is 2.19. The van der Waals surface area contributed by atoms with Crippen molar-refractivity contribution in [3.8, 4) is 16.9 Å². The van der Waals surface area contributed by atoms with Crippen molar-refractivity contribution >= 4 is 11.6 Å². The molecule has 112 valence electrons. The predicted octanol–water partition coefficient (Wildman–Crippen LogP) is 5.21. The molecule has 3 rings (SSSR count). The molecule has 0 saturated carbocycles. The lowest BCUT2D eigenvalue weighted by Crippen LogP contribution is -2.07. The van der Waals surface area contributed by atoms with Crippen LogP contribution in [0.4, 0.5) is 13.2 Å². The second-order valence-corrected chi connectivity index (χ2v) is 5.10. The molecule has 2 aromatic carbocycles. The van der Waals surface area contributed by atoms with Crippen LogP contribution < -0.4 is 0 Å². The van der Waals surface area contributed by atoms with Gasteiger partial charge in [0, 0.05) is 10.6 Å². The molecule has 0 unspecified atom stereocenters. The molecule has 0 bridgehead atoms. The monoisotopic (exact) mass is 322 g/mol. The fourth-order valence-corrected chi connectivity index (χ4v) is 2.24. The summed E-state index contributed by atoms with van der Waals surface area (Å²) in [6.45, 7) is 0. The quantitative estimate of drug-likeness (QED) is 0.633. The molecule has 0 spiro atoms. The number of alkyl halides is 3. The average molecular weight is 323 g/mol. The van der Waals surface area contributed by atoms with E-state index in [2.05, 4.69) is 5.10 Å². The molecule has 0 amide bonds. The van der Waals surface area contributed by atoms with Gasteiger partial charge in [0.05, 0.1) is 11.4 Å². The van der Waals surface area contributed by atoms with Crippen LogP contribution >= 0.6 is 11.6 Å². The molecule has 6 heteroatoms. The van der Waals surface area contributed by atoms with Gasteiger partial charge in [0.25, 0.3) is 0 Å². The van der Waals surface area contributed by atoms with E-state index in [9.17, 15) is 13.2 Å². The number of benzene rings is 2. The van der Waals surface area contributed by atoms with Gasteiger partial charge in [-0.25, -0.2) is 4.68 Å². The molecule has 22 heavy (non-hydrogen) atoms. The number of hydrogen-bond donors (Lipinski definition) is 0. The van der Waals surface area contributed by atoms with Gasteiger partial charge in [-0.15, -0.1) is 0 Å². The van der Waals surface area contributed by atoms with Gasteiger partial charge in [0.1, 0.15) is 0 Å². The van der Waals surface area contributed by atoms with Gasteiger partial charge in [-0.05, 0) is 30.3 Å². The molecule has 1 aromatic heterocycles. The van der Waals surface area contributed by atoms with Crippen molar-refractivity contribution in [3.63, 3.8) is 0 Å². The smallest absolute Gasteiger partial charge is 0.233 e. The lowest BCUT2D eigenvalue weighted by molar-refractivity contribution is -0.141. The Bertz CT molecular complexity index is 777. The molecule has 0 fully saturated rings. The van der Waals surface area contributed by atoms with E-state index in [-0.39, 0.29) is 0 Å². The Morgan fingerprint density at radius 2 is 1.55 bits per heavy atom. The summed E-state index contributed by atoms with van der Waals surface area (Å²) in [4.78, 5) is 0. The average Bonchev–Trinajstić information content (AvgIpc) is 2.94. The molecule has 3 aromatic rings. The second kappa shape index (κ2) is 5.50. The molecule has 0 aliphatic rings. The first-order valence-electron chi connectivity index (χ1n) is 6.44. The van der Waals surface area contributed by atoms with Crippen molar-refractivity contribution in [3.05, 3.63) is 71.4 Å². The Morgan fingerprint density at radius 1 is 0.909 bits per heavy atom. The van der Waals surface area contributed by atoms with Crippen molar-refractivity contribution in [1.29, 1.82) is 0 Å². The first-order valence-corrected chi connectivity index (χ1v) is 6.81. The summed E-state index contributed by atoms with van der Waals surface area (Å²) in [6, 6.07) is 16.3. The highest BCUT2D eigenvalue weighted by Crippen LogP contribution is 2.33. The number of halogens is 4.